The first-order chi connectivity index (χ1) is 8.98. The molecular weight excluding hydrogens is 260 g/mol. The third kappa shape index (κ3) is 2.81. The van der Waals surface area contributed by atoms with Crippen LogP contribution in [0.2, 0.25) is 5.02 Å². The first-order valence-corrected chi connectivity index (χ1v) is 7.58. The summed E-state index contributed by atoms with van der Waals surface area (Å²) in [6.07, 6.45) is 5.55. The van der Waals surface area contributed by atoms with E-state index in [2.05, 4.69) is 30.8 Å². The Morgan fingerprint density at radius 1 is 1.37 bits per heavy atom. The molecule has 0 spiro atoms. The molecule has 108 valence electrons. The lowest BCUT2D eigenvalue weighted by atomic mass is 9.88. The molecule has 0 bridgehead atoms. The van der Waals surface area contributed by atoms with Crippen LogP contribution < -0.4 is 5.73 Å². The van der Waals surface area contributed by atoms with Gasteiger partial charge in [-0.2, -0.15) is 5.10 Å². The third-order valence-corrected chi connectivity index (χ3v) is 4.65. The number of aromatic nitrogens is 2. The number of nitrogens with two attached hydrogens (primary N) is 1. The summed E-state index contributed by atoms with van der Waals surface area (Å²) >= 11 is 6.28. The molecule has 0 amide bonds. The summed E-state index contributed by atoms with van der Waals surface area (Å²) in [5, 5.41) is 4.98. The zero-order valence-corrected chi connectivity index (χ0v) is 13.0. The number of hydrogen-bond donors (Lipinski definition) is 1. The molecule has 4 nitrogen and oxygen atoms in total. The number of likely N-dealkylation sites (tertiary alicyclic amines) is 1. The van der Waals surface area contributed by atoms with Crippen LogP contribution in [0.25, 0.3) is 0 Å². The van der Waals surface area contributed by atoms with Crippen molar-refractivity contribution in [3.05, 3.63) is 16.9 Å². The van der Waals surface area contributed by atoms with Crippen molar-refractivity contribution in [2.24, 2.45) is 5.73 Å². The van der Waals surface area contributed by atoms with E-state index in [0.717, 1.165) is 25.3 Å². The van der Waals surface area contributed by atoms with Gasteiger partial charge in [0.1, 0.15) is 0 Å². The van der Waals surface area contributed by atoms with Crippen molar-refractivity contribution in [3.63, 3.8) is 0 Å². The Labute approximate surface area is 120 Å². The molecule has 1 saturated heterocycles. The molecule has 1 aliphatic rings. The molecule has 5 heteroatoms. The molecule has 2 rings (SSSR count). The standard InChI is InChI=1S/C14H25ClN4/c1-4-19-12(11(15)10-17-19)13(16)14(2,3)18-8-6-5-7-9-18/h10,13H,4-9,16H2,1-3H3. The summed E-state index contributed by atoms with van der Waals surface area (Å²) in [5.74, 6) is 0. The van der Waals surface area contributed by atoms with E-state index < -0.39 is 0 Å². The SMILES string of the molecule is CCn1ncc(Cl)c1C(N)C(C)(C)N1CCCCC1. The minimum absolute atomic E-state index is 0.100. The number of piperidine rings is 1. The number of nitrogens with zero attached hydrogens (tertiary/aromatic N) is 3. The van der Waals surface area contributed by atoms with E-state index in [0.29, 0.717) is 5.02 Å². The highest BCUT2D eigenvalue weighted by Crippen LogP contribution is 2.34. The summed E-state index contributed by atoms with van der Waals surface area (Å²) in [7, 11) is 0. The first-order valence-electron chi connectivity index (χ1n) is 7.20. The van der Waals surface area contributed by atoms with Gasteiger partial charge in [0.15, 0.2) is 0 Å². The molecule has 0 saturated carbocycles. The lowest BCUT2D eigenvalue weighted by molar-refractivity contribution is 0.0705. The van der Waals surface area contributed by atoms with Gasteiger partial charge in [-0.25, -0.2) is 0 Å². The van der Waals surface area contributed by atoms with Gasteiger partial charge >= 0.3 is 0 Å². The van der Waals surface area contributed by atoms with Crippen LogP contribution in [0.3, 0.4) is 0 Å². The molecule has 1 aromatic rings. The fourth-order valence-electron chi connectivity index (χ4n) is 2.93. The predicted molar refractivity (Wildman–Crippen MR) is 79.3 cm³/mol. The number of halogens is 1. The van der Waals surface area contributed by atoms with Gasteiger partial charge in [-0.05, 0) is 46.7 Å². The zero-order chi connectivity index (χ0) is 14.0. The second-order valence-corrected chi connectivity index (χ2v) is 6.28. The monoisotopic (exact) mass is 284 g/mol. The number of rotatable bonds is 4. The molecule has 1 aliphatic heterocycles. The van der Waals surface area contributed by atoms with Gasteiger partial charge in [-0.15, -0.1) is 0 Å². The van der Waals surface area contributed by atoms with Crippen LogP contribution in [-0.4, -0.2) is 33.3 Å². The quantitative estimate of drug-likeness (QED) is 0.925. The Kier molecular flexibility index (Phi) is 4.54. The molecule has 1 aromatic heterocycles. The molecule has 1 atom stereocenters. The van der Waals surface area contributed by atoms with Gasteiger partial charge in [0, 0.05) is 12.1 Å². The molecular formula is C14H25ClN4. The largest absolute Gasteiger partial charge is 0.321 e. The Hall–Kier alpha value is -0.580. The summed E-state index contributed by atoms with van der Waals surface area (Å²) in [6.45, 7) is 9.54. The molecule has 1 fully saturated rings. The van der Waals surface area contributed by atoms with Crippen LogP contribution in [-0.2, 0) is 6.54 Å². The molecule has 2 heterocycles. The van der Waals surface area contributed by atoms with Gasteiger partial charge in [-0.1, -0.05) is 18.0 Å². The second-order valence-electron chi connectivity index (χ2n) is 5.87. The Balaban J connectivity index is 2.25. The number of aryl methyl sites for hydroxylation is 1. The van der Waals surface area contributed by atoms with E-state index in [1.807, 2.05) is 4.68 Å². The zero-order valence-electron chi connectivity index (χ0n) is 12.2. The second kappa shape index (κ2) is 5.81. The maximum atomic E-state index is 6.54. The highest BCUT2D eigenvalue weighted by molar-refractivity contribution is 6.31. The lowest BCUT2D eigenvalue weighted by Crippen LogP contribution is -2.53. The molecule has 0 aromatic carbocycles. The minimum atomic E-state index is -0.124. The molecule has 1 unspecified atom stereocenters. The average Bonchev–Trinajstić information content (AvgIpc) is 2.79. The van der Waals surface area contributed by atoms with E-state index in [4.69, 9.17) is 17.3 Å². The van der Waals surface area contributed by atoms with Crippen molar-refractivity contribution in [1.82, 2.24) is 14.7 Å². The summed E-state index contributed by atoms with van der Waals surface area (Å²) in [4.78, 5) is 2.49. The molecule has 2 N–H and O–H groups in total. The van der Waals surface area contributed by atoms with E-state index >= 15 is 0 Å². The van der Waals surface area contributed by atoms with E-state index in [1.54, 1.807) is 6.20 Å². The Morgan fingerprint density at radius 3 is 2.58 bits per heavy atom. The topological polar surface area (TPSA) is 47.1 Å². The lowest BCUT2D eigenvalue weighted by Gasteiger charge is -2.44. The Morgan fingerprint density at radius 2 is 2.00 bits per heavy atom. The predicted octanol–water partition coefficient (Wildman–Crippen LogP) is 2.82. The maximum absolute atomic E-state index is 6.54. The summed E-state index contributed by atoms with van der Waals surface area (Å²) in [6, 6.07) is -0.124. The van der Waals surface area contributed by atoms with Crippen molar-refractivity contribution in [2.75, 3.05) is 13.1 Å². The van der Waals surface area contributed by atoms with Crippen LogP contribution >= 0.6 is 11.6 Å². The van der Waals surface area contributed by atoms with Crippen molar-refractivity contribution < 1.29 is 0 Å². The van der Waals surface area contributed by atoms with Crippen molar-refractivity contribution >= 4 is 11.6 Å². The van der Waals surface area contributed by atoms with Crippen LogP contribution in [0.1, 0.15) is 51.8 Å². The van der Waals surface area contributed by atoms with E-state index in [1.165, 1.54) is 19.3 Å². The molecule has 19 heavy (non-hydrogen) atoms. The summed E-state index contributed by atoms with van der Waals surface area (Å²) < 4.78 is 1.92. The van der Waals surface area contributed by atoms with Gasteiger partial charge < -0.3 is 5.73 Å². The van der Waals surface area contributed by atoms with Gasteiger partial charge in [0.25, 0.3) is 0 Å². The fraction of sp³-hybridized carbons (Fsp3) is 0.786. The molecule has 0 aliphatic carbocycles. The number of hydrogen-bond acceptors (Lipinski definition) is 3. The van der Waals surface area contributed by atoms with Crippen LogP contribution in [0.5, 0.6) is 0 Å². The minimum Gasteiger partial charge on any atom is -0.321 e. The van der Waals surface area contributed by atoms with Crippen molar-refractivity contribution in [3.8, 4) is 0 Å². The highest BCUT2D eigenvalue weighted by Gasteiger charge is 2.37. The van der Waals surface area contributed by atoms with Gasteiger partial charge in [-0.3, -0.25) is 9.58 Å². The highest BCUT2D eigenvalue weighted by atomic mass is 35.5. The third-order valence-electron chi connectivity index (χ3n) is 4.36. The van der Waals surface area contributed by atoms with Crippen LogP contribution in [0.15, 0.2) is 6.20 Å². The Bertz CT molecular complexity index is 421. The van der Waals surface area contributed by atoms with Crippen LogP contribution in [0.4, 0.5) is 0 Å². The van der Waals surface area contributed by atoms with Crippen molar-refractivity contribution in [1.29, 1.82) is 0 Å². The summed E-state index contributed by atoms with van der Waals surface area (Å²) in [5.41, 5.74) is 7.40. The first kappa shape index (κ1) is 14.8. The van der Waals surface area contributed by atoms with E-state index in [9.17, 15) is 0 Å². The van der Waals surface area contributed by atoms with Gasteiger partial charge in [0.05, 0.1) is 23.0 Å². The smallest absolute Gasteiger partial charge is 0.0834 e. The normalized spacial score (nSPS) is 19.6. The molecule has 0 radical (unpaired) electrons. The average molecular weight is 285 g/mol. The van der Waals surface area contributed by atoms with E-state index in [-0.39, 0.29) is 11.6 Å². The van der Waals surface area contributed by atoms with Gasteiger partial charge in [0.2, 0.25) is 0 Å². The van der Waals surface area contributed by atoms with Crippen LogP contribution in [0, 0.1) is 0 Å². The van der Waals surface area contributed by atoms with Crippen molar-refractivity contribution in [2.45, 2.75) is 58.2 Å². The fourth-order valence-corrected chi connectivity index (χ4v) is 3.19. The maximum Gasteiger partial charge on any atom is 0.0834 e.